The second-order valence-corrected chi connectivity index (χ2v) is 6.33. The predicted octanol–water partition coefficient (Wildman–Crippen LogP) is 3.36. The van der Waals surface area contributed by atoms with Crippen molar-refractivity contribution < 1.29 is 0 Å². The molecule has 0 radical (unpaired) electrons. The van der Waals surface area contributed by atoms with Crippen LogP contribution in [0.1, 0.15) is 36.8 Å². The summed E-state index contributed by atoms with van der Waals surface area (Å²) >= 11 is 5.86. The van der Waals surface area contributed by atoms with Gasteiger partial charge in [-0.1, -0.05) is 18.9 Å². The minimum atomic E-state index is 0.463. The van der Waals surface area contributed by atoms with Gasteiger partial charge in [-0.3, -0.25) is 4.90 Å². The van der Waals surface area contributed by atoms with E-state index in [9.17, 15) is 5.26 Å². The molecule has 0 unspecified atom stereocenters. The standard InChI is InChI=1S/C17H22ClN3/c18-12-14-5-6-17(15(11-14)13-19)21-9-7-20(8-10-21)16-3-1-2-4-16/h5-6,11,16H,1-4,7-10,12H2. The maximum absolute atomic E-state index is 9.36. The van der Waals surface area contributed by atoms with Gasteiger partial charge < -0.3 is 4.90 Å². The molecule has 0 spiro atoms. The summed E-state index contributed by atoms with van der Waals surface area (Å²) in [5, 5.41) is 9.36. The van der Waals surface area contributed by atoms with E-state index < -0.39 is 0 Å². The molecule has 0 N–H and O–H groups in total. The summed E-state index contributed by atoms with van der Waals surface area (Å²) in [6.45, 7) is 4.27. The van der Waals surface area contributed by atoms with E-state index in [1.165, 1.54) is 25.7 Å². The van der Waals surface area contributed by atoms with E-state index >= 15 is 0 Å². The topological polar surface area (TPSA) is 30.3 Å². The smallest absolute Gasteiger partial charge is 0.101 e. The summed E-state index contributed by atoms with van der Waals surface area (Å²) in [5.74, 6) is 0.463. The van der Waals surface area contributed by atoms with Crippen molar-refractivity contribution in [2.24, 2.45) is 0 Å². The summed E-state index contributed by atoms with van der Waals surface area (Å²) in [7, 11) is 0. The minimum absolute atomic E-state index is 0.463. The number of anilines is 1. The summed E-state index contributed by atoms with van der Waals surface area (Å²) < 4.78 is 0. The fourth-order valence-electron chi connectivity index (χ4n) is 3.63. The molecule has 1 heterocycles. The number of alkyl halides is 1. The van der Waals surface area contributed by atoms with E-state index in [1.54, 1.807) is 0 Å². The SMILES string of the molecule is N#Cc1cc(CCl)ccc1N1CCN(C2CCCC2)CC1. The molecule has 1 aromatic rings. The van der Waals surface area contributed by atoms with Crippen molar-refractivity contribution in [2.75, 3.05) is 31.1 Å². The maximum atomic E-state index is 9.36. The Kier molecular flexibility index (Phi) is 4.67. The number of hydrogen-bond acceptors (Lipinski definition) is 3. The van der Waals surface area contributed by atoms with E-state index in [0.717, 1.165) is 49.0 Å². The number of benzene rings is 1. The normalized spacial score (nSPS) is 20.7. The molecule has 3 rings (SSSR count). The Morgan fingerprint density at radius 1 is 1.14 bits per heavy atom. The van der Waals surface area contributed by atoms with E-state index in [1.807, 2.05) is 12.1 Å². The van der Waals surface area contributed by atoms with Crippen LogP contribution in [0.2, 0.25) is 0 Å². The van der Waals surface area contributed by atoms with Crippen LogP contribution >= 0.6 is 11.6 Å². The highest BCUT2D eigenvalue weighted by Crippen LogP contribution is 2.27. The molecule has 1 aliphatic heterocycles. The van der Waals surface area contributed by atoms with Crippen LogP contribution in [0, 0.1) is 11.3 Å². The number of nitrogens with zero attached hydrogens (tertiary/aromatic N) is 3. The maximum Gasteiger partial charge on any atom is 0.101 e. The highest BCUT2D eigenvalue weighted by Gasteiger charge is 2.26. The van der Waals surface area contributed by atoms with Gasteiger partial charge in [-0.25, -0.2) is 0 Å². The molecule has 4 heteroatoms. The van der Waals surface area contributed by atoms with Crippen molar-refractivity contribution in [3.8, 4) is 6.07 Å². The van der Waals surface area contributed by atoms with Crippen LogP contribution in [0.3, 0.4) is 0 Å². The summed E-state index contributed by atoms with van der Waals surface area (Å²) in [6.07, 6.45) is 5.52. The molecule has 0 amide bonds. The molecule has 2 aliphatic rings. The molecular weight excluding hydrogens is 282 g/mol. The molecular formula is C17H22ClN3. The number of hydrogen-bond donors (Lipinski definition) is 0. The molecule has 112 valence electrons. The van der Waals surface area contributed by atoms with Gasteiger partial charge in [0, 0.05) is 38.1 Å². The first-order chi connectivity index (χ1) is 10.3. The average molecular weight is 304 g/mol. The van der Waals surface area contributed by atoms with Gasteiger partial charge in [-0.05, 0) is 30.5 Å². The molecule has 3 nitrogen and oxygen atoms in total. The molecule has 1 saturated heterocycles. The van der Waals surface area contributed by atoms with Gasteiger partial charge in [0.15, 0.2) is 0 Å². The summed E-state index contributed by atoms with van der Waals surface area (Å²) in [4.78, 5) is 4.99. The van der Waals surface area contributed by atoms with Gasteiger partial charge in [0.1, 0.15) is 6.07 Å². The van der Waals surface area contributed by atoms with Crippen LogP contribution in [0.15, 0.2) is 18.2 Å². The second kappa shape index (κ2) is 6.68. The van der Waals surface area contributed by atoms with Gasteiger partial charge in [0.2, 0.25) is 0 Å². The van der Waals surface area contributed by atoms with Crippen LogP contribution in [0.25, 0.3) is 0 Å². The van der Waals surface area contributed by atoms with Crippen LogP contribution in [-0.4, -0.2) is 37.1 Å². The Bertz CT molecular complexity index is 523. The van der Waals surface area contributed by atoms with Crippen molar-refractivity contribution in [3.63, 3.8) is 0 Å². The van der Waals surface area contributed by atoms with Crippen molar-refractivity contribution in [1.82, 2.24) is 4.90 Å². The Labute approximate surface area is 132 Å². The lowest BCUT2D eigenvalue weighted by Crippen LogP contribution is -2.49. The lowest BCUT2D eigenvalue weighted by molar-refractivity contribution is 0.187. The summed E-state index contributed by atoms with van der Waals surface area (Å²) in [5.41, 5.74) is 2.83. The molecule has 21 heavy (non-hydrogen) atoms. The monoisotopic (exact) mass is 303 g/mol. The first-order valence-electron chi connectivity index (χ1n) is 7.90. The minimum Gasteiger partial charge on any atom is -0.368 e. The largest absolute Gasteiger partial charge is 0.368 e. The number of nitriles is 1. The highest BCUT2D eigenvalue weighted by atomic mass is 35.5. The van der Waals surface area contributed by atoms with Gasteiger partial charge in [-0.15, -0.1) is 11.6 Å². The van der Waals surface area contributed by atoms with Crippen LogP contribution < -0.4 is 4.90 Å². The van der Waals surface area contributed by atoms with Gasteiger partial charge >= 0.3 is 0 Å². The zero-order valence-electron chi connectivity index (χ0n) is 12.4. The first kappa shape index (κ1) is 14.7. The average Bonchev–Trinajstić information content (AvgIpc) is 3.09. The number of rotatable bonds is 3. The van der Waals surface area contributed by atoms with Gasteiger partial charge in [0.05, 0.1) is 11.3 Å². The van der Waals surface area contributed by atoms with Crippen molar-refractivity contribution in [1.29, 1.82) is 5.26 Å². The van der Waals surface area contributed by atoms with Crippen LogP contribution in [0.4, 0.5) is 5.69 Å². The molecule has 0 atom stereocenters. The zero-order chi connectivity index (χ0) is 14.7. The van der Waals surface area contributed by atoms with E-state index in [4.69, 9.17) is 11.6 Å². The fraction of sp³-hybridized carbons (Fsp3) is 0.588. The molecule has 1 aromatic carbocycles. The molecule has 2 fully saturated rings. The Morgan fingerprint density at radius 2 is 1.86 bits per heavy atom. The Balaban J connectivity index is 1.67. The van der Waals surface area contributed by atoms with Crippen molar-refractivity contribution in [2.45, 2.75) is 37.6 Å². The number of piperazine rings is 1. The Morgan fingerprint density at radius 3 is 2.48 bits per heavy atom. The molecule has 0 bridgehead atoms. The quantitative estimate of drug-likeness (QED) is 0.802. The third-order valence-corrected chi connectivity index (χ3v) is 5.14. The van der Waals surface area contributed by atoms with Gasteiger partial charge in [-0.2, -0.15) is 5.26 Å². The predicted molar refractivity (Wildman–Crippen MR) is 86.8 cm³/mol. The zero-order valence-corrected chi connectivity index (χ0v) is 13.1. The fourth-order valence-corrected chi connectivity index (χ4v) is 3.80. The first-order valence-corrected chi connectivity index (χ1v) is 8.43. The van der Waals surface area contributed by atoms with Crippen LogP contribution in [0.5, 0.6) is 0 Å². The van der Waals surface area contributed by atoms with Gasteiger partial charge in [0.25, 0.3) is 0 Å². The van der Waals surface area contributed by atoms with E-state index in [-0.39, 0.29) is 0 Å². The lowest BCUT2D eigenvalue weighted by Gasteiger charge is -2.39. The summed E-state index contributed by atoms with van der Waals surface area (Å²) in [6, 6.07) is 9.14. The molecule has 0 aromatic heterocycles. The van der Waals surface area contributed by atoms with E-state index in [0.29, 0.717) is 5.88 Å². The second-order valence-electron chi connectivity index (χ2n) is 6.06. The Hall–Kier alpha value is -1.24. The molecule has 1 saturated carbocycles. The molecule has 1 aliphatic carbocycles. The lowest BCUT2D eigenvalue weighted by atomic mass is 10.1. The van der Waals surface area contributed by atoms with Crippen molar-refractivity contribution in [3.05, 3.63) is 29.3 Å². The number of halogens is 1. The van der Waals surface area contributed by atoms with E-state index in [2.05, 4.69) is 21.9 Å². The van der Waals surface area contributed by atoms with Crippen LogP contribution in [-0.2, 0) is 5.88 Å². The highest BCUT2D eigenvalue weighted by molar-refractivity contribution is 6.17. The van der Waals surface area contributed by atoms with Crippen molar-refractivity contribution >= 4 is 17.3 Å². The third kappa shape index (κ3) is 3.17. The third-order valence-electron chi connectivity index (χ3n) is 4.83.